The molecule has 1 aromatic heterocycles. The lowest BCUT2D eigenvalue weighted by atomic mass is 10.1. The first kappa shape index (κ1) is 21.2. The molecule has 0 aliphatic rings. The summed E-state index contributed by atoms with van der Waals surface area (Å²) in [5.41, 5.74) is 2.01. The van der Waals surface area contributed by atoms with Crippen LogP contribution >= 0.6 is 0 Å². The molecular weight excluding hydrogens is 362 g/mol. The minimum absolute atomic E-state index is 0.217. The molecule has 0 fully saturated rings. The summed E-state index contributed by atoms with van der Waals surface area (Å²) in [5.74, 6) is -0.00109. The van der Waals surface area contributed by atoms with E-state index in [-0.39, 0.29) is 28.3 Å². The topological polar surface area (TPSA) is 81.1 Å². The number of amides is 1. The second-order valence-electron chi connectivity index (χ2n) is 8.23. The molecule has 0 aliphatic carbocycles. The van der Waals surface area contributed by atoms with Gasteiger partial charge in [-0.3, -0.25) is 9.48 Å². The Labute approximate surface area is 161 Å². The maximum absolute atomic E-state index is 12.7. The number of aromatic nitrogens is 2. The Balaban J connectivity index is 2.22. The quantitative estimate of drug-likeness (QED) is 0.843. The molecule has 27 heavy (non-hydrogen) atoms. The van der Waals surface area contributed by atoms with Gasteiger partial charge < -0.3 is 5.32 Å². The van der Waals surface area contributed by atoms with Crippen molar-refractivity contribution >= 4 is 15.7 Å². The minimum Gasteiger partial charge on any atom is -0.344 e. The summed E-state index contributed by atoms with van der Waals surface area (Å²) in [5, 5.41) is 7.46. The van der Waals surface area contributed by atoms with Crippen molar-refractivity contribution in [2.24, 2.45) is 0 Å². The fraction of sp³-hybridized carbons (Fsp3) is 0.500. The number of sulfone groups is 1. The number of carbonyl (C=O) groups excluding carboxylic acids is 1. The lowest BCUT2D eigenvalue weighted by molar-refractivity contribution is 0.0933. The molecule has 0 unspecified atom stereocenters. The van der Waals surface area contributed by atoms with E-state index in [4.69, 9.17) is 0 Å². The Morgan fingerprint density at radius 1 is 1.11 bits per heavy atom. The van der Waals surface area contributed by atoms with Crippen molar-refractivity contribution in [3.63, 3.8) is 0 Å². The van der Waals surface area contributed by atoms with E-state index >= 15 is 0 Å². The molecule has 0 saturated heterocycles. The number of benzene rings is 1. The third-order valence-electron chi connectivity index (χ3n) is 4.35. The predicted octanol–water partition coefficient (Wildman–Crippen LogP) is 3.66. The van der Waals surface area contributed by atoms with Crippen LogP contribution in [0.15, 0.2) is 35.2 Å². The molecule has 6 nitrogen and oxygen atoms in total. The minimum atomic E-state index is -3.24. The number of nitrogens with zero attached hydrogens (tertiary/aromatic N) is 2. The van der Waals surface area contributed by atoms with E-state index in [2.05, 4.69) is 45.0 Å². The van der Waals surface area contributed by atoms with E-state index in [1.165, 1.54) is 6.26 Å². The molecule has 2 rings (SSSR count). The number of rotatable bonds is 5. The van der Waals surface area contributed by atoms with E-state index in [1.54, 1.807) is 24.3 Å². The Kier molecular flexibility index (Phi) is 5.85. The van der Waals surface area contributed by atoms with Crippen LogP contribution in [0, 0.1) is 0 Å². The SMILES string of the molecule is CC(C)c1cc(C(=O)N[C@@H](C)c2ccc(S(C)(=O)=O)cc2)nn1C(C)(C)C. The summed E-state index contributed by atoms with van der Waals surface area (Å²) in [6.45, 7) is 12.2. The molecule has 148 valence electrons. The van der Waals surface area contributed by atoms with Crippen molar-refractivity contribution in [1.82, 2.24) is 15.1 Å². The van der Waals surface area contributed by atoms with Gasteiger partial charge in [0.25, 0.3) is 5.91 Å². The highest BCUT2D eigenvalue weighted by Crippen LogP contribution is 2.24. The van der Waals surface area contributed by atoms with Gasteiger partial charge in [0.15, 0.2) is 9.84 Å². The van der Waals surface area contributed by atoms with Gasteiger partial charge in [0.2, 0.25) is 0 Å². The summed E-state index contributed by atoms with van der Waals surface area (Å²) < 4.78 is 25.0. The van der Waals surface area contributed by atoms with Crippen molar-refractivity contribution in [3.05, 3.63) is 47.3 Å². The molecule has 1 amide bonds. The van der Waals surface area contributed by atoms with Crippen molar-refractivity contribution < 1.29 is 13.2 Å². The third-order valence-corrected chi connectivity index (χ3v) is 5.48. The van der Waals surface area contributed by atoms with E-state index in [0.29, 0.717) is 5.69 Å². The first-order valence-corrected chi connectivity index (χ1v) is 10.9. The van der Waals surface area contributed by atoms with E-state index < -0.39 is 9.84 Å². The van der Waals surface area contributed by atoms with E-state index in [1.807, 2.05) is 17.7 Å². The predicted molar refractivity (Wildman–Crippen MR) is 107 cm³/mol. The van der Waals surface area contributed by atoms with Crippen molar-refractivity contribution in [3.8, 4) is 0 Å². The van der Waals surface area contributed by atoms with Crippen LogP contribution in [0.5, 0.6) is 0 Å². The summed E-state index contributed by atoms with van der Waals surface area (Å²) in [4.78, 5) is 12.9. The molecule has 1 aromatic carbocycles. The number of hydrogen-bond donors (Lipinski definition) is 1. The second kappa shape index (κ2) is 7.46. The van der Waals surface area contributed by atoms with Crippen LogP contribution in [-0.2, 0) is 15.4 Å². The second-order valence-corrected chi connectivity index (χ2v) is 10.2. The fourth-order valence-corrected chi connectivity index (χ4v) is 3.44. The van der Waals surface area contributed by atoms with Crippen LogP contribution in [0.4, 0.5) is 0 Å². The molecule has 0 saturated carbocycles. The van der Waals surface area contributed by atoms with Crippen molar-refractivity contribution in [2.75, 3.05) is 6.26 Å². The first-order chi connectivity index (χ1) is 12.3. The molecule has 1 N–H and O–H groups in total. The standard InChI is InChI=1S/C20H29N3O3S/c1-13(2)18-12-17(22-23(18)20(4,5)6)19(24)21-14(3)15-8-10-16(11-9-15)27(7,25)26/h8-14H,1-7H3,(H,21,24)/t14-/m0/s1. The summed E-state index contributed by atoms with van der Waals surface area (Å²) in [7, 11) is -3.24. The van der Waals surface area contributed by atoms with E-state index in [9.17, 15) is 13.2 Å². The first-order valence-electron chi connectivity index (χ1n) is 9.02. The van der Waals surface area contributed by atoms with Crippen LogP contribution in [0.25, 0.3) is 0 Å². The zero-order valence-corrected chi connectivity index (χ0v) is 17.9. The molecule has 0 aliphatic heterocycles. The monoisotopic (exact) mass is 391 g/mol. The Hall–Kier alpha value is -2.15. The molecular formula is C20H29N3O3S. The third kappa shape index (κ3) is 4.97. The Bertz CT molecular complexity index is 920. The summed E-state index contributed by atoms with van der Waals surface area (Å²) >= 11 is 0. The Morgan fingerprint density at radius 2 is 1.67 bits per heavy atom. The molecule has 0 spiro atoms. The van der Waals surface area contributed by atoms with Gasteiger partial charge in [0.05, 0.1) is 16.5 Å². The van der Waals surface area contributed by atoms with Gasteiger partial charge in [-0.25, -0.2) is 8.42 Å². The highest BCUT2D eigenvalue weighted by Gasteiger charge is 2.24. The highest BCUT2D eigenvalue weighted by molar-refractivity contribution is 7.90. The zero-order chi connectivity index (χ0) is 20.6. The average Bonchev–Trinajstić information content (AvgIpc) is 3.00. The molecule has 7 heteroatoms. The summed E-state index contributed by atoms with van der Waals surface area (Å²) in [6.07, 6.45) is 1.17. The van der Waals surface area contributed by atoms with Gasteiger partial charge >= 0.3 is 0 Å². The average molecular weight is 392 g/mol. The maximum Gasteiger partial charge on any atom is 0.272 e. The number of nitrogens with one attached hydrogen (secondary N) is 1. The highest BCUT2D eigenvalue weighted by atomic mass is 32.2. The molecule has 1 atom stereocenters. The van der Waals surface area contributed by atoms with Crippen LogP contribution in [0.3, 0.4) is 0 Å². The van der Waals surface area contributed by atoms with Crippen LogP contribution in [0.2, 0.25) is 0 Å². The Morgan fingerprint density at radius 3 is 2.07 bits per heavy atom. The fourth-order valence-electron chi connectivity index (χ4n) is 2.81. The van der Waals surface area contributed by atoms with Crippen molar-refractivity contribution in [1.29, 1.82) is 0 Å². The van der Waals surface area contributed by atoms with Gasteiger partial charge in [0, 0.05) is 11.9 Å². The number of hydrogen-bond acceptors (Lipinski definition) is 4. The van der Waals surface area contributed by atoms with Gasteiger partial charge in [-0.1, -0.05) is 26.0 Å². The molecule has 0 bridgehead atoms. The normalized spacial score (nSPS) is 13.6. The van der Waals surface area contributed by atoms with Crippen molar-refractivity contribution in [2.45, 2.75) is 63.9 Å². The lowest BCUT2D eigenvalue weighted by Gasteiger charge is -2.23. The lowest BCUT2D eigenvalue weighted by Crippen LogP contribution is -2.29. The van der Waals surface area contributed by atoms with Crippen LogP contribution in [0.1, 0.15) is 75.2 Å². The van der Waals surface area contributed by atoms with Crippen LogP contribution in [-0.4, -0.2) is 30.4 Å². The van der Waals surface area contributed by atoms with Crippen LogP contribution < -0.4 is 5.32 Å². The van der Waals surface area contributed by atoms with Gasteiger partial charge in [-0.2, -0.15) is 5.10 Å². The molecule has 2 aromatic rings. The smallest absolute Gasteiger partial charge is 0.272 e. The maximum atomic E-state index is 12.7. The summed E-state index contributed by atoms with van der Waals surface area (Å²) in [6, 6.07) is 8.11. The zero-order valence-electron chi connectivity index (χ0n) is 17.1. The number of carbonyl (C=O) groups is 1. The largest absolute Gasteiger partial charge is 0.344 e. The van der Waals surface area contributed by atoms with E-state index in [0.717, 1.165) is 11.3 Å². The van der Waals surface area contributed by atoms with Gasteiger partial charge in [-0.15, -0.1) is 0 Å². The molecule has 0 radical (unpaired) electrons. The van der Waals surface area contributed by atoms with Gasteiger partial charge in [0.1, 0.15) is 5.69 Å². The molecule has 1 heterocycles. The van der Waals surface area contributed by atoms with Gasteiger partial charge in [-0.05, 0) is 57.4 Å².